The summed E-state index contributed by atoms with van der Waals surface area (Å²) in [6.45, 7) is 3.95. The summed E-state index contributed by atoms with van der Waals surface area (Å²) < 4.78 is 12.7. The van der Waals surface area contributed by atoms with E-state index >= 15 is 0 Å². The molecule has 0 amide bonds. The highest BCUT2D eigenvalue weighted by Crippen LogP contribution is 2.28. The third-order valence-electron chi connectivity index (χ3n) is 2.65. The largest absolute Gasteiger partial charge is 0.303 e. The number of hydrogen-bond donors (Lipinski definition) is 1. The van der Waals surface area contributed by atoms with Gasteiger partial charge in [0.25, 0.3) is 0 Å². The van der Waals surface area contributed by atoms with Gasteiger partial charge < -0.3 is 5.32 Å². The monoisotopic (exact) mass is 252 g/mol. The van der Waals surface area contributed by atoms with Crippen LogP contribution < -0.4 is 5.32 Å². The van der Waals surface area contributed by atoms with Crippen LogP contribution >= 0.6 is 11.8 Å². The van der Waals surface area contributed by atoms with Crippen LogP contribution in [0, 0.1) is 17.1 Å². The molecule has 0 fully saturated rings. The summed E-state index contributed by atoms with van der Waals surface area (Å²) in [6, 6.07) is 8.71. The highest BCUT2D eigenvalue weighted by Gasteiger charge is 2.24. The van der Waals surface area contributed by atoms with Crippen LogP contribution in [-0.2, 0) is 0 Å². The molecule has 0 aliphatic rings. The van der Waals surface area contributed by atoms with Gasteiger partial charge in [0.2, 0.25) is 0 Å². The minimum atomic E-state index is -0.507. The molecule has 1 aromatic rings. The summed E-state index contributed by atoms with van der Waals surface area (Å²) in [5.41, 5.74) is -0.507. The lowest BCUT2D eigenvalue weighted by Crippen LogP contribution is -2.40. The number of nitrogens with zero attached hydrogens (tertiary/aromatic N) is 1. The van der Waals surface area contributed by atoms with Crippen molar-refractivity contribution in [2.24, 2.45) is 0 Å². The van der Waals surface area contributed by atoms with Gasteiger partial charge in [0.15, 0.2) is 0 Å². The summed E-state index contributed by atoms with van der Waals surface area (Å²) in [5.74, 6) is -0.223. The van der Waals surface area contributed by atoms with E-state index in [1.165, 1.54) is 12.1 Å². The lowest BCUT2D eigenvalue weighted by Gasteiger charge is -2.24. The minimum Gasteiger partial charge on any atom is -0.303 e. The van der Waals surface area contributed by atoms with Crippen molar-refractivity contribution in [3.63, 3.8) is 0 Å². The van der Waals surface area contributed by atoms with Crippen molar-refractivity contribution in [1.29, 1.82) is 5.26 Å². The fraction of sp³-hybridized carbons (Fsp3) is 0.462. The first kappa shape index (κ1) is 14.0. The van der Waals surface area contributed by atoms with Crippen molar-refractivity contribution in [3.8, 4) is 6.07 Å². The van der Waals surface area contributed by atoms with E-state index < -0.39 is 5.54 Å². The highest BCUT2D eigenvalue weighted by molar-refractivity contribution is 7.99. The maximum Gasteiger partial charge on any atom is 0.123 e. The van der Waals surface area contributed by atoms with Crippen LogP contribution in [0.5, 0.6) is 0 Å². The topological polar surface area (TPSA) is 35.8 Å². The van der Waals surface area contributed by atoms with Gasteiger partial charge >= 0.3 is 0 Å². The van der Waals surface area contributed by atoms with Gasteiger partial charge in [-0.3, -0.25) is 0 Å². The molecule has 17 heavy (non-hydrogen) atoms. The molecule has 1 aromatic carbocycles. The van der Waals surface area contributed by atoms with E-state index in [0.29, 0.717) is 0 Å². The first-order valence-electron chi connectivity index (χ1n) is 5.51. The Balaban J connectivity index is 2.58. The third-order valence-corrected chi connectivity index (χ3v) is 3.76. The highest BCUT2D eigenvalue weighted by atomic mass is 32.2. The molecule has 1 N–H and O–H groups in total. The first-order valence-corrected chi connectivity index (χ1v) is 6.39. The zero-order valence-electron chi connectivity index (χ0n) is 10.3. The fourth-order valence-corrected chi connectivity index (χ4v) is 2.74. The SMILES string of the molecule is CNC(C)(C#N)CC(C)Sc1ccc(F)cc1. The standard InChI is InChI=1S/C13H17FN2S/c1-10(8-13(2,9-15)16-3)17-12-6-4-11(14)5-7-12/h4-7,10,16H,8H2,1-3H3. The molecular formula is C13H17FN2S. The number of nitriles is 1. The molecular weight excluding hydrogens is 235 g/mol. The van der Waals surface area contributed by atoms with Crippen molar-refractivity contribution in [3.05, 3.63) is 30.1 Å². The lowest BCUT2D eigenvalue weighted by molar-refractivity contribution is 0.455. The van der Waals surface area contributed by atoms with Crippen LogP contribution in [0.4, 0.5) is 4.39 Å². The Morgan fingerprint density at radius 3 is 2.53 bits per heavy atom. The molecule has 0 aromatic heterocycles. The van der Waals surface area contributed by atoms with Crippen molar-refractivity contribution < 1.29 is 4.39 Å². The van der Waals surface area contributed by atoms with Gasteiger partial charge in [0.1, 0.15) is 11.4 Å². The zero-order chi connectivity index (χ0) is 12.9. The Kier molecular flexibility index (Phi) is 4.98. The zero-order valence-corrected chi connectivity index (χ0v) is 11.1. The van der Waals surface area contributed by atoms with Crippen LogP contribution in [0.2, 0.25) is 0 Å². The van der Waals surface area contributed by atoms with Crippen LogP contribution in [0.25, 0.3) is 0 Å². The van der Waals surface area contributed by atoms with Crippen LogP contribution in [0.15, 0.2) is 29.2 Å². The van der Waals surface area contributed by atoms with Crippen molar-refractivity contribution >= 4 is 11.8 Å². The number of benzene rings is 1. The van der Waals surface area contributed by atoms with E-state index in [4.69, 9.17) is 5.26 Å². The third kappa shape index (κ3) is 4.37. The molecule has 0 radical (unpaired) electrons. The molecule has 1 rings (SSSR count). The first-order chi connectivity index (χ1) is 7.99. The van der Waals surface area contributed by atoms with E-state index in [9.17, 15) is 4.39 Å². The van der Waals surface area contributed by atoms with E-state index in [2.05, 4.69) is 18.3 Å². The van der Waals surface area contributed by atoms with E-state index in [1.54, 1.807) is 30.9 Å². The predicted molar refractivity (Wildman–Crippen MR) is 69.4 cm³/mol. The Morgan fingerprint density at radius 2 is 2.06 bits per heavy atom. The summed E-state index contributed by atoms with van der Waals surface area (Å²) in [6.07, 6.45) is 0.738. The molecule has 0 bridgehead atoms. The van der Waals surface area contributed by atoms with Crippen molar-refractivity contribution in [2.75, 3.05) is 7.05 Å². The second kappa shape index (κ2) is 6.04. The average molecular weight is 252 g/mol. The normalized spacial score (nSPS) is 15.9. The van der Waals surface area contributed by atoms with Gasteiger partial charge in [0.05, 0.1) is 6.07 Å². The van der Waals surface area contributed by atoms with Gasteiger partial charge in [-0.05, 0) is 44.7 Å². The number of hydrogen-bond acceptors (Lipinski definition) is 3. The van der Waals surface area contributed by atoms with Crippen molar-refractivity contribution in [1.82, 2.24) is 5.32 Å². The number of nitrogens with one attached hydrogen (secondary N) is 1. The molecule has 0 aliphatic heterocycles. The average Bonchev–Trinajstić information content (AvgIpc) is 2.32. The summed E-state index contributed by atoms with van der Waals surface area (Å²) >= 11 is 1.65. The van der Waals surface area contributed by atoms with Crippen LogP contribution in [-0.4, -0.2) is 17.8 Å². The number of rotatable bonds is 5. The summed E-state index contributed by atoms with van der Waals surface area (Å²) in [4.78, 5) is 1.02. The molecule has 4 heteroatoms. The van der Waals surface area contributed by atoms with Crippen molar-refractivity contribution in [2.45, 2.75) is 36.0 Å². The summed E-state index contributed by atoms with van der Waals surface area (Å²) in [5, 5.41) is 12.4. The van der Waals surface area contributed by atoms with Gasteiger partial charge in [-0.25, -0.2) is 4.39 Å². The molecule has 0 aliphatic carbocycles. The summed E-state index contributed by atoms with van der Waals surface area (Å²) in [7, 11) is 1.79. The second-order valence-corrected chi connectivity index (χ2v) is 5.79. The van der Waals surface area contributed by atoms with Gasteiger partial charge in [0, 0.05) is 10.1 Å². The Morgan fingerprint density at radius 1 is 1.47 bits per heavy atom. The predicted octanol–water partition coefficient (Wildman–Crippen LogP) is 3.20. The van der Waals surface area contributed by atoms with Gasteiger partial charge in [-0.1, -0.05) is 6.92 Å². The lowest BCUT2D eigenvalue weighted by atomic mass is 9.98. The Labute approximate surface area is 106 Å². The van der Waals surface area contributed by atoms with Gasteiger partial charge in [-0.15, -0.1) is 11.8 Å². The number of halogens is 1. The maximum atomic E-state index is 12.7. The number of thioether (sulfide) groups is 1. The van der Waals surface area contributed by atoms with Gasteiger partial charge in [-0.2, -0.15) is 5.26 Å². The Bertz CT molecular complexity index is 399. The van der Waals surface area contributed by atoms with Crippen LogP contribution in [0.1, 0.15) is 20.3 Å². The molecule has 92 valence electrons. The van der Waals surface area contributed by atoms with Crippen LogP contribution in [0.3, 0.4) is 0 Å². The molecule has 0 saturated heterocycles. The molecule has 2 atom stereocenters. The quantitative estimate of drug-likeness (QED) is 0.817. The van der Waals surface area contributed by atoms with E-state index in [0.717, 1.165) is 11.3 Å². The van der Waals surface area contributed by atoms with E-state index in [-0.39, 0.29) is 11.1 Å². The Hall–Kier alpha value is -1.05. The van der Waals surface area contributed by atoms with E-state index in [1.807, 2.05) is 6.92 Å². The maximum absolute atomic E-state index is 12.7. The fourth-order valence-electron chi connectivity index (χ4n) is 1.57. The molecule has 0 spiro atoms. The molecule has 0 heterocycles. The molecule has 0 saturated carbocycles. The molecule has 2 nitrogen and oxygen atoms in total. The molecule has 2 unspecified atom stereocenters. The minimum absolute atomic E-state index is 0.223. The second-order valence-electron chi connectivity index (χ2n) is 4.28. The smallest absolute Gasteiger partial charge is 0.123 e.